The number of halogens is 1. The van der Waals surface area contributed by atoms with Gasteiger partial charge < -0.3 is 0 Å². The zero-order valence-corrected chi connectivity index (χ0v) is 9.21. The van der Waals surface area contributed by atoms with Crippen LogP contribution in [0.4, 0.5) is 0 Å². The minimum atomic E-state index is 0.103. The van der Waals surface area contributed by atoms with E-state index in [0.717, 1.165) is 6.42 Å². The van der Waals surface area contributed by atoms with Crippen molar-refractivity contribution in [1.82, 2.24) is 4.98 Å². The van der Waals surface area contributed by atoms with E-state index in [0.29, 0.717) is 22.9 Å². The number of aromatic nitrogens is 1. The fraction of sp³-hybridized carbons (Fsp3) is 0.455. The van der Waals surface area contributed by atoms with Crippen molar-refractivity contribution in [2.45, 2.75) is 26.7 Å². The van der Waals surface area contributed by atoms with Crippen molar-refractivity contribution in [3.05, 3.63) is 29.0 Å². The molecule has 0 N–H and O–H groups in total. The first-order valence-corrected chi connectivity index (χ1v) is 5.15. The fourth-order valence-electron chi connectivity index (χ4n) is 1.17. The van der Waals surface area contributed by atoms with Gasteiger partial charge in [-0.3, -0.25) is 9.78 Å². The van der Waals surface area contributed by atoms with Crippen molar-refractivity contribution in [2.24, 2.45) is 5.92 Å². The third-order valence-electron chi connectivity index (χ3n) is 2.30. The number of rotatable bonds is 4. The predicted molar refractivity (Wildman–Crippen MR) is 57.6 cm³/mol. The Bertz CT molecular complexity index is 325. The quantitative estimate of drug-likeness (QED) is 0.715. The molecule has 0 spiro atoms. The second-order valence-corrected chi connectivity index (χ2v) is 3.90. The Labute approximate surface area is 89.3 Å². The summed E-state index contributed by atoms with van der Waals surface area (Å²) in [7, 11) is 0. The Balaban J connectivity index is 2.75. The lowest BCUT2D eigenvalue weighted by Gasteiger charge is -2.07. The highest BCUT2D eigenvalue weighted by Gasteiger charge is 2.12. The second kappa shape index (κ2) is 5.11. The van der Waals surface area contributed by atoms with E-state index < -0.39 is 0 Å². The lowest BCUT2D eigenvalue weighted by molar-refractivity contribution is 0.0963. The van der Waals surface area contributed by atoms with Gasteiger partial charge in [-0.2, -0.15) is 0 Å². The highest BCUT2D eigenvalue weighted by atomic mass is 35.5. The molecule has 1 heterocycles. The largest absolute Gasteiger partial charge is 0.294 e. The number of ketones is 1. The SMILES string of the molecule is CCC(C)CC(=O)c1ccncc1Cl. The Kier molecular flexibility index (Phi) is 4.08. The highest BCUT2D eigenvalue weighted by molar-refractivity contribution is 6.33. The summed E-state index contributed by atoms with van der Waals surface area (Å²) in [6, 6.07) is 1.67. The number of hydrogen-bond acceptors (Lipinski definition) is 2. The van der Waals surface area contributed by atoms with E-state index in [1.165, 1.54) is 6.20 Å². The molecule has 1 rings (SSSR count). The molecule has 0 aliphatic heterocycles. The van der Waals surface area contributed by atoms with Crippen LogP contribution in [0.5, 0.6) is 0 Å². The van der Waals surface area contributed by atoms with Crippen molar-refractivity contribution in [3.8, 4) is 0 Å². The molecule has 3 heteroatoms. The molecule has 0 aliphatic carbocycles. The monoisotopic (exact) mass is 211 g/mol. The maximum absolute atomic E-state index is 11.7. The van der Waals surface area contributed by atoms with Crippen LogP contribution in [0.3, 0.4) is 0 Å². The van der Waals surface area contributed by atoms with E-state index in [2.05, 4.69) is 18.8 Å². The van der Waals surface area contributed by atoms with Gasteiger partial charge >= 0.3 is 0 Å². The van der Waals surface area contributed by atoms with Crippen LogP contribution < -0.4 is 0 Å². The third kappa shape index (κ3) is 2.81. The normalized spacial score (nSPS) is 12.5. The second-order valence-electron chi connectivity index (χ2n) is 3.50. The van der Waals surface area contributed by atoms with Gasteiger partial charge in [0.2, 0.25) is 0 Å². The molecular formula is C11H14ClNO. The zero-order chi connectivity index (χ0) is 10.6. The molecule has 1 aromatic heterocycles. The van der Waals surface area contributed by atoms with Gasteiger partial charge in [0.1, 0.15) is 0 Å². The molecule has 76 valence electrons. The Morgan fingerprint density at radius 3 is 2.93 bits per heavy atom. The average molecular weight is 212 g/mol. The van der Waals surface area contributed by atoms with Crippen LogP contribution in [0, 0.1) is 5.92 Å². The van der Waals surface area contributed by atoms with E-state index in [1.807, 2.05) is 0 Å². The lowest BCUT2D eigenvalue weighted by Crippen LogP contribution is -2.06. The number of nitrogens with zero attached hydrogens (tertiary/aromatic N) is 1. The molecule has 0 fully saturated rings. The number of Topliss-reactive ketones (excluding diaryl/α,β-unsaturated/α-hetero) is 1. The Hall–Kier alpha value is -0.890. The highest BCUT2D eigenvalue weighted by Crippen LogP contribution is 2.18. The summed E-state index contributed by atoms with van der Waals surface area (Å²) in [4.78, 5) is 15.6. The molecule has 1 aromatic rings. The summed E-state index contributed by atoms with van der Waals surface area (Å²) in [6.45, 7) is 4.14. The summed E-state index contributed by atoms with van der Waals surface area (Å²) in [5.41, 5.74) is 0.585. The summed E-state index contributed by atoms with van der Waals surface area (Å²) in [6.07, 6.45) is 4.66. The molecule has 0 aliphatic rings. The van der Waals surface area contributed by atoms with Gasteiger partial charge in [-0.05, 0) is 12.0 Å². The maximum Gasteiger partial charge on any atom is 0.164 e. The van der Waals surface area contributed by atoms with Gasteiger partial charge in [-0.15, -0.1) is 0 Å². The molecule has 0 bridgehead atoms. The number of carbonyl (C=O) groups excluding carboxylic acids is 1. The fourth-order valence-corrected chi connectivity index (χ4v) is 1.40. The zero-order valence-electron chi connectivity index (χ0n) is 8.46. The van der Waals surface area contributed by atoms with Crippen LogP contribution in [-0.2, 0) is 0 Å². The molecule has 0 saturated carbocycles. The number of carbonyl (C=O) groups is 1. The van der Waals surface area contributed by atoms with Gasteiger partial charge in [-0.1, -0.05) is 31.9 Å². The number of pyridine rings is 1. The van der Waals surface area contributed by atoms with Crippen molar-refractivity contribution >= 4 is 17.4 Å². The van der Waals surface area contributed by atoms with Crippen molar-refractivity contribution in [2.75, 3.05) is 0 Å². The topological polar surface area (TPSA) is 30.0 Å². The van der Waals surface area contributed by atoms with E-state index in [9.17, 15) is 4.79 Å². The van der Waals surface area contributed by atoms with Crippen LogP contribution in [-0.4, -0.2) is 10.8 Å². The molecule has 0 aromatic carbocycles. The van der Waals surface area contributed by atoms with Crippen molar-refractivity contribution in [3.63, 3.8) is 0 Å². The first-order chi connectivity index (χ1) is 6.65. The molecule has 0 radical (unpaired) electrons. The van der Waals surface area contributed by atoms with Gasteiger partial charge in [-0.25, -0.2) is 0 Å². The first kappa shape index (κ1) is 11.2. The average Bonchev–Trinajstić information content (AvgIpc) is 2.18. The molecule has 1 atom stereocenters. The standard InChI is InChI=1S/C11H14ClNO/c1-3-8(2)6-11(14)9-4-5-13-7-10(9)12/h4-5,7-8H,3,6H2,1-2H3. The predicted octanol–water partition coefficient (Wildman–Crippen LogP) is 3.35. The van der Waals surface area contributed by atoms with Crippen LogP contribution in [0.15, 0.2) is 18.5 Å². The summed E-state index contributed by atoms with van der Waals surface area (Å²) in [5, 5.41) is 0.445. The van der Waals surface area contributed by atoms with Gasteiger partial charge in [0, 0.05) is 24.4 Å². The van der Waals surface area contributed by atoms with Gasteiger partial charge in [0.15, 0.2) is 5.78 Å². The summed E-state index contributed by atoms with van der Waals surface area (Å²) in [5.74, 6) is 0.512. The molecule has 2 nitrogen and oxygen atoms in total. The molecule has 0 saturated heterocycles. The van der Waals surface area contributed by atoms with Crippen LogP contribution in [0.25, 0.3) is 0 Å². The van der Waals surface area contributed by atoms with E-state index in [-0.39, 0.29) is 5.78 Å². The molecule has 14 heavy (non-hydrogen) atoms. The Morgan fingerprint density at radius 1 is 1.64 bits per heavy atom. The van der Waals surface area contributed by atoms with Gasteiger partial charge in [0.05, 0.1) is 5.02 Å². The summed E-state index contributed by atoms with van der Waals surface area (Å²) >= 11 is 5.86. The van der Waals surface area contributed by atoms with Gasteiger partial charge in [0.25, 0.3) is 0 Å². The smallest absolute Gasteiger partial charge is 0.164 e. The Morgan fingerprint density at radius 2 is 2.36 bits per heavy atom. The third-order valence-corrected chi connectivity index (χ3v) is 2.60. The van der Waals surface area contributed by atoms with Crippen LogP contribution in [0.2, 0.25) is 5.02 Å². The lowest BCUT2D eigenvalue weighted by atomic mass is 9.98. The molecular weight excluding hydrogens is 198 g/mol. The van der Waals surface area contributed by atoms with E-state index >= 15 is 0 Å². The van der Waals surface area contributed by atoms with E-state index in [4.69, 9.17) is 11.6 Å². The van der Waals surface area contributed by atoms with Crippen LogP contribution in [0.1, 0.15) is 37.0 Å². The first-order valence-electron chi connectivity index (χ1n) is 4.77. The van der Waals surface area contributed by atoms with Crippen molar-refractivity contribution in [1.29, 1.82) is 0 Å². The minimum Gasteiger partial charge on any atom is -0.294 e. The minimum absolute atomic E-state index is 0.103. The molecule has 1 unspecified atom stereocenters. The number of hydrogen-bond donors (Lipinski definition) is 0. The van der Waals surface area contributed by atoms with E-state index in [1.54, 1.807) is 12.3 Å². The van der Waals surface area contributed by atoms with Crippen LogP contribution >= 0.6 is 11.6 Å². The maximum atomic E-state index is 11.7. The van der Waals surface area contributed by atoms with Crippen molar-refractivity contribution < 1.29 is 4.79 Å². The molecule has 0 amide bonds. The summed E-state index contributed by atoms with van der Waals surface area (Å²) < 4.78 is 0.